The maximum absolute atomic E-state index is 10.8. The van der Waals surface area contributed by atoms with Crippen LogP contribution in [0.25, 0.3) is 0 Å². The van der Waals surface area contributed by atoms with Crippen molar-refractivity contribution < 1.29 is 30.0 Å². The minimum atomic E-state index is -0.972. The van der Waals surface area contributed by atoms with E-state index >= 15 is 0 Å². The molecule has 7 nitrogen and oxygen atoms in total. The Hall–Kier alpha value is -1.67. The Kier molecular flexibility index (Phi) is 12.0. The lowest BCUT2D eigenvalue weighted by molar-refractivity contribution is -0.139. The van der Waals surface area contributed by atoms with Gasteiger partial charge in [-0.05, 0) is 86.8 Å². The van der Waals surface area contributed by atoms with Crippen molar-refractivity contribution in [3.05, 3.63) is 29.3 Å². The molecular weight excluding hydrogens is 446 g/mol. The van der Waals surface area contributed by atoms with Crippen molar-refractivity contribution in [1.82, 2.24) is 0 Å². The highest BCUT2D eigenvalue weighted by molar-refractivity contribution is 5.68. The molecule has 0 saturated heterocycles. The van der Waals surface area contributed by atoms with Gasteiger partial charge < -0.3 is 30.9 Å². The van der Waals surface area contributed by atoms with Crippen LogP contribution in [0.2, 0.25) is 0 Å². The van der Waals surface area contributed by atoms with Gasteiger partial charge in [0.15, 0.2) is 6.61 Å². The van der Waals surface area contributed by atoms with E-state index in [2.05, 4.69) is 13.0 Å². The second-order valence-corrected chi connectivity index (χ2v) is 10.8. The lowest BCUT2D eigenvalue weighted by atomic mass is 9.73. The molecule has 0 aromatic heterocycles. The fraction of sp³-hybridized carbons (Fsp3) is 0.750. The number of hydrogen-bond donors (Lipinski definition) is 5. The van der Waals surface area contributed by atoms with Gasteiger partial charge in [0.25, 0.3) is 0 Å². The summed E-state index contributed by atoms with van der Waals surface area (Å²) in [5.41, 5.74) is 7.43. The summed E-state index contributed by atoms with van der Waals surface area (Å²) in [6.07, 6.45) is 8.68. The summed E-state index contributed by atoms with van der Waals surface area (Å²) in [7, 11) is 0. The summed E-state index contributed by atoms with van der Waals surface area (Å²) >= 11 is 0. The van der Waals surface area contributed by atoms with Gasteiger partial charge in [0.1, 0.15) is 5.75 Å². The molecule has 1 saturated carbocycles. The van der Waals surface area contributed by atoms with Crippen molar-refractivity contribution in [2.75, 3.05) is 13.2 Å². The zero-order chi connectivity index (χ0) is 26.0. The molecule has 6 atom stereocenters. The van der Waals surface area contributed by atoms with Crippen LogP contribution in [0.3, 0.4) is 0 Å². The van der Waals surface area contributed by atoms with E-state index in [9.17, 15) is 15.0 Å². The number of ether oxygens (including phenoxy) is 1. The van der Waals surface area contributed by atoms with Crippen LogP contribution in [-0.2, 0) is 17.6 Å². The first-order chi connectivity index (χ1) is 16.6. The number of aliphatic hydroxyl groups is 3. The highest BCUT2D eigenvalue weighted by Gasteiger charge is 2.44. The topological polar surface area (TPSA) is 133 Å². The molecule has 1 fully saturated rings. The van der Waals surface area contributed by atoms with E-state index < -0.39 is 5.97 Å². The number of fused-ring (bicyclic) bond motifs is 2. The van der Waals surface area contributed by atoms with Crippen LogP contribution in [0, 0.1) is 17.8 Å². The van der Waals surface area contributed by atoms with E-state index in [0.29, 0.717) is 17.6 Å². The SMILES string of the molecule is CCC(C)(N)CO.CCCCC[C@H](O)CC[C@@H]1[C@H]2Cc3cccc(OCC(=O)O)c3C[C@H]2C[C@H]1O. The van der Waals surface area contributed by atoms with Crippen molar-refractivity contribution in [2.24, 2.45) is 23.5 Å². The molecule has 6 N–H and O–H groups in total. The maximum atomic E-state index is 10.8. The van der Waals surface area contributed by atoms with Crippen LogP contribution < -0.4 is 10.5 Å². The normalized spacial score (nSPS) is 25.5. The van der Waals surface area contributed by atoms with Gasteiger partial charge in [0.05, 0.1) is 18.8 Å². The van der Waals surface area contributed by atoms with Crippen molar-refractivity contribution >= 4 is 5.97 Å². The van der Waals surface area contributed by atoms with Crippen molar-refractivity contribution in [2.45, 2.75) is 103 Å². The first-order valence-electron chi connectivity index (χ1n) is 13.3. The number of aliphatic hydroxyl groups excluding tert-OH is 3. The minimum Gasteiger partial charge on any atom is -0.482 e. The number of carbonyl (C=O) groups is 1. The molecule has 1 aromatic carbocycles. The van der Waals surface area contributed by atoms with Gasteiger partial charge in [-0.25, -0.2) is 4.79 Å². The van der Waals surface area contributed by atoms with Gasteiger partial charge in [-0.15, -0.1) is 0 Å². The largest absolute Gasteiger partial charge is 0.482 e. The summed E-state index contributed by atoms with van der Waals surface area (Å²) in [6, 6.07) is 5.87. The molecule has 200 valence electrons. The summed E-state index contributed by atoms with van der Waals surface area (Å²) in [5.74, 6) is 0.768. The zero-order valence-electron chi connectivity index (χ0n) is 21.8. The van der Waals surface area contributed by atoms with E-state index in [-0.39, 0.29) is 36.9 Å². The lowest BCUT2D eigenvalue weighted by Crippen LogP contribution is -2.38. The number of nitrogens with two attached hydrogens (primary N) is 1. The molecule has 0 radical (unpaired) electrons. The van der Waals surface area contributed by atoms with Crippen molar-refractivity contribution in [3.63, 3.8) is 0 Å². The van der Waals surface area contributed by atoms with Crippen LogP contribution in [0.1, 0.15) is 83.3 Å². The predicted molar refractivity (Wildman–Crippen MR) is 137 cm³/mol. The average Bonchev–Trinajstić information content (AvgIpc) is 3.14. The van der Waals surface area contributed by atoms with Gasteiger partial charge >= 0.3 is 5.97 Å². The summed E-state index contributed by atoms with van der Waals surface area (Å²) in [6.45, 7) is 5.69. The fourth-order valence-electron chi connectivity index (χ4n) is 5.35. The first kappa shape index (κ1) is 29.6. The average molecular weight is 494 g/mol. The monoisotopic (exact) mass is 493 g/mol. The Bertz CT molecular complexity index is 777. The van der Waals surface area contributed by atoms with E-state index in [0.717, 1.165) is 69.8 Å². The van der Waals surface area contributed by atoms with Crippen LogP contribution >= 0.6 is 0 Å². The molecule has 2 aliphatic rings. The van der Waals surface area contributed by atoms with Gasteiger partial charge in [-0.1, -0.05) is 45.2 Å². The van der Waals surface area contributed by atoms with Gasteiger partial charge in [-0.3, -0.25) is 0 Å². The first-order valence-corrected chi connectivity index (χ1v) is 13.3. The molecule has 7 heteroatoms. The van der Waals surface area contributed by atoms with Crippen LogP contribution in [0.4, 0.5) is 0 Å². The van der Waals surface area contributed by atoms with E-state index in [1.54, 1.807) is 0 Å². The molecular formula is C28H47NO6. The van der Waals surface area contributed by atoms with Gasteiger partial charge in [0, 0.05) is 5.54 Å². The van der Waals surface area contributed by atoms with Crippen molar-refractivity contribution in [1.29, 1.82) is 0 Å². The third-order valence-electron chi connectivity index (χ3n) is 7.84. The highest BCUT2D eigenvalue weighted by atomic mass is 16.5. The molecule has 2 aliphatic carbocycles. The van der Waals surface area contributed by atoms with Crippen LogP contribution in [-0.4, -0.2) is 57.4 Å². The van der Waals surface area contributed by atoms with Gasteiger partial charge in [0.2, 0.25) is 0 Å². The van der Waals surface area contributed by atoms with E-state index in [1.807, 2.05) is 26.0 Å². The minimum absolute atomic E-state index is 0.0729. The third-order valence-corrected chi connectivity index (χ3v) is 7.84. The highest BCUT2D eigenvalue weighted by Crippen LogP contribution is 2.48. The Labute approximate surface area is 210 Å². The van der Waals surface area contributed by atoms with E-state index in [4.69, 9.17) is 20.7 Å². The number of aliphatic carboxylic acids is 1. The molecule has 0 heterocycles. The standard InChI is InChI=1S/C23H34O5.C5H13NO/c1-2-3-4-7-17(24)9-10-18-19-11-15-6-5-8-22(28-14-23(26)27)20(15)12-16(19)13-21(18)25;1-3-5(2,6)4-7/h5-6,8,16-19,21,24-25H,2-4,7,9-14H2,1H3,(H,26,27);7H,3-4,6H2,1-2H3/t16-,17-,18+,19-,21+;/m0./s1. The molecule has 0 bridgehead atoms. The molecule has 1 aromatic rings. The lowest BCUT2D eigenvalue weighted by Gasteiger charge is -2.32. The van der Waals surface area contributed by atoms with Crippen molar-refractivity contribution in [3.8, 4) is 5.75 Å². The van der Waals surface area contributed by atoms with E-state index in [1.165, 1.54) is 5.56 Å². The van der Waals surface area contributed by atoms with Crippen LogP contribution in [0.15, 0.2) is 18.2 Å². The molecule has 0 amide bonds. The Morgan fingerprint density at radius 3 is 2.57 bits per heavy atom. The zero-order valence-corrected chi connectivity index (χ0v) is 21.8. The molecule has 0 spiro atoms. The number of carboxylic acid groups (broad SMARTS) is 1. The molecule has 0 aliphatic heterocycles. The molecule has 1 unspecified atom stereocenters. The second kappa shape index (κ2) is 14.2. The Balaban J connectivity index is 0.000000540. The summed E-state index contributed by atoms with van der Waals surface area (Å²) in [4.78, 5) is 10.8. The van der Waals surface area contributed by atoms with Gasteiger partial charge in [-0.2, -0.15) is 0 Å². The fourth-order valence-corrected chi connectivity index (χ4v) is 5.35. The number of carboxylic acids is 1. The quantitative estimate of drug-likeness (QED) is 0.280. The smallest absolute Gasteiger partial charge is 0.341 e. The summed E-state index contributed by atoms with van der Waals surface area (Å²) in [5, 5.41) is 38.3. The molecule has 3 rings (SSSR count). The number of rotatable bonds is 12. The second-order valence-electron chi connectivity index (χ2n) is 10.8. The predicted octanol–water partition coefficient (Wildman–Crippen LogP) is 3.69. The maximum Gasteiger partial charge on any atom is 0.341 e. The summed E-state index contributed by atoms with van der Waals surface area (Å²) < 4.78 is 5.50. The number of hydrogen-bond acceptors (Lipinski definition) is 6. The Morgan fingerprint density at radius 1 is 1.23 bits per heavy atom. The van der Waals surface area contributed by atoms with Crippen LogP contribution in [0.5, 0.6) is 5.75 Å². The third kappa shape index (κ3) is 9.05. The number of unbranched alkanes of at least 4 members (excludes halogenated alkanes) is 2. The number of benzene rings is 1. The Morgan fingerprint density at radius 2 is 1.97 bits per heavy atom. The molecule has 35 heavy (non-hydrogen) atoms.